The Labute approximate surface area is 126 Å². The topological polar surface area (TPSA) is 55.9 Å². The molecule has 1 atom stereocenters. The Bertz CT molecular complexity index is 547. The van der Waals surface area contributed by atoms with Crippen LogP contribution in [0.1, 0.15) is 49.0 Å². The maximum absolute atomic E-state index is 5.81. The summed E-state index contributed by atoms with van der Waals surface area (Å²) in [5.41, 5.74) is 5.35. The van der Waals surface area contributed by atoms with Gasteiger partial charge < -0.3 is 0 Å². The van der Waals surface area contributed by atoms with Gasteiger partial charge in [-0.3, -0.25) is 10.5 Å². The summed E-state index contributed by atoms with van der Waals surface area (Å²) in [6.45, 7) is 6.39. The summed E-state index contributed by atoms with van der Waals surface area (Å²) in [7, 11) is 0. The SMILES string of the molecule is CCc1ccsc1C(NN)c1c(Br)cnn1C(C)C. The fourth-order valence-corrected chi connectivity index (χ4v) is 3.76. The van der Waals surface area contributed by atoms with Crippen molar-refractivity contribution in [2.24, 2.45) is 5.84 Å². The largest absolute Gasteiger partial charge is 0.270 e. The third kappa shape index (κ3) is 2.76. The smallest absolute Gasteiger partial charge is 0.0984 e. The molecule has 2 heterocycles. The summed E-state index contributed by atoms with van der Waals surface area (Å²) in [6, 6.07) is 2.42. The number of hydrogen-bond acceptors (Lipinski definition) is 4. The second-order valence-corrected chi connectivity index (χ2v) is 6.48. The predicted molar refractivity (Wildman–Crippen MR) is 83.2 cm³/mol. The van der Waals surface area contributed by atoms with E-state index in [1.54, 1.807) is 11.3 Å². The molecule has 0 aliphatic heterocycles. The number of nitrogens with one attached hydrogen (secondary N) is 1. The normalized spacial score (nSPS) is 13.2. The van der Waals surface area contributed by atoms with Gasteiger partial charge in [-0.2, -0.15) is 5.10 Å². The Morgan fingerprint density at radius 2 is 2.26 bits per heavy atom. The van der Waals surface area contributed by atoms with E-state index in [4.69, 9.17) is 5.84 Å². The van der Waals surface area contributed by atoms with E-state index in [0.717, 1.165) is 16.6 Å². The molecule has 0 aromatic carbocycles. The molecule has 0 bridgehead atoms. The van der Waals surface area contributed by atoms with Gasteiger partial charge in [-0.05, 0) is 53.2 Å². The van der Waals surface area contributed by atoms with Crippen molar-refractivity contribution in [3.63, 3.8) is 0 Å². The molecule has 4 nitrogen and oxygen atoms in total. The van der Waals surface area contributed by atoms with Crippen LogP contribution in [-0.2, 0) is 6.42 Å². The van der Waals surface area contributed by atoms with Crippen LogP contribution in [0.3, 0.4) is 0 Å². The van der Waals surface area contributed by atoms with Crippen LogP contribution in [0.5, 0.6) is 0 Å². The van der Waals surface area contributed by atoms with Gasteiger partial charge in [0.2, 0.25) is 0 Å². The van der Waals surface area contributed by atoms with Gasteiger partial charge in [-0.1, -0.05) is 6.92 Å². The second-order valence-electron chi connectivity index (χ2n) is 4.68. The molecule has 1 unspecified atom stereocenters. The highest BCUT2D eigenvalue weighted by molar-refractivity contribution is 9.10. The Hall–Kier alpha value is -0.690. The number of thiophene rings is 1. The predicted octanol–water partition coefficient (Wildman–Crippen LogP) is 3.40. The van der Waals surface area contributed by atoms with Crippen molar-refractivity contribution in [2.75, 3.05) is 0 Å². The van der Waals surface area contributed by atoms with Crippen LogP contribution in [0.25, 0.3) is 0 Å². The molecule has 19 heavy (non-hydrogen) atoms. The van der Waals surface area contributed by atoms with Crippen molar-refractivity contribution in [2.45, 2.75) is 39.3 Å². The molecule has 0 aliphatic carbocycles. The molecular weight excluding hydrogens is 324 g/mol. The lowest BCUT2D eigenvalue weighted by Crippen LogP contribution is -2.31. The van der Waals surface area contributed by atoms with Crippen molar-refractivity contribution >= 4 is 27.3 Å². The Balaban J connectivity index is 2.51. The molecule has 0 amide bonds. The highest BCUT2D eigenvalue weighted by Gasteiger charge is 2.24. The average Bonchev–Trinajstić information content (AvgIpc) is 2.98. The lowest BCUT2D eigenvalue weighted by Gasteiger charge is -2.20. The molecular formula is C13H19BrN4S. The molecule has 6 heteroatoms. The number of rotatable bonds is 5. The molecule has 0 saturated heterocycles. The Kier molecular flexibility index (Phi) is 4.78. The van der Waals surface area contributed by atoms with Gasteiger partial charge in [0.1, 0.15) is 0 Å². The number of nitrogens with two attached hydrogens (primary N) is 1. The molecule has 0 aliphatic rings. The van der Waals surface area contributed by atoms with Crippen LogP contribution < -0.4 is 11.3 Å². The molecule has 2 rings (SSSR count). The Morgan fingerprint density at radius 1 is 1.53 bits per heavy atom. The monoisotopic (exact) mass is 342 g/mol. The fourth-order valence-electron chi connectivity index (χ4n) is 2.20. The molecule has 0 saturated carbocycles. The van der Waals surface area contributed by atoms with Crippen LogP contribution in [0.2, 0.25) is 0 Å². The van der Waals surface area contributed by atoms with Crippen molar-refractivity contribution < 1.29 is 0 Å². The van der Waals surface area contributed by atoms with E-state index in [-0.39, 0.29) is 6.04 Å². The van der Waals surface area contributed by atoms with E-state index in [9.17, 15) is 0 Å². The minimum absolute atomic E-state index is 0.0331. The van der Waals surface area contributed by atoms with Gasteiger partial charge in [-0.25, -0.2) is 5.43 Å². The van der Waals surface area contributed by atoms with E-state index in [0.29, 0.717) is 6.04 Å². The van der Waals surface area contributed by atoms with Gasteiger partial charge in [0.25, 0.3) is 0 Å². The second kappa shape index (κ2) is 6.17. The summed E-state index contributed by atoms with van der Waals surface area (Å²) in [5.74, 6) is 5.81. The Morgan fingerprint density at radius 3 is 2.84 bits per heavy atom. The van der Waals surface area contributed by atoms with Crippen LogP contribution >= 0.6 is 27.3 Å². The zero-order chi connectivity index (χ0) is 14.0. The van der Waals surface area contributed by atoms with E-state index >= 15 is 0 Å². The zero-order valence-electron chi connectivity index (χ0n) is 11.4. The minimum Gasteiger partial charge on any atom is -0.270 e. The number of hydrazine groups is 1. The van der Waals surface area contributed by atoms with Crippen LogP contribution in [0.15, 0.2) is 22.1 Å². The molecule has 3 N–H and O–H groups in total. The molecule has 0 fully saturated rings. The summed E-state index contributed by atoms with van der Waals surface area (Å²) < 4.78 is 2.99. The summed E-state index contributed by atoms with van der Waals surface area (Å²) >= 11 is 5.31. The quantitative estimate of drug-likeness (QED) is 0.646. The summed E-state index contributed by atoms with van der Waals surface area (Å²) in [4.78, 5) is 1.26. The van der Waals surface area contributed by atoms with Gasteiger partial charge in [0, 0.05) is 10.9 Å². The maximum Gasteiger partial charge on any atom is 0.0984 e. The van der Waals surface area contributed by atoms with E-state index in [1.165, 1.54) is 10.4 Å². The van der Waals surface area contributed by atoms with Crippen LogP contribution in [0, 0.1) is 0 Å². The van der Waals surface area contributed by atoms with Crippen LogP contribution in [-0.4, -0.2) is 9.78 Å². The first-order chi connectivity index (χ1) is 9.10. The molecule has 2 aromatic heterocycles. The standard InChI is InChI=1S/C13H19BrN4S/c1-4-9-5-6-19-13(9)11(17-15)12-10(14)7-16-18(12)8(2)3/h5-8,11,17H,4,15H2,1-3H3. The molecule has 2 aromatic rings. The first-order valence-corrected chi connectivity index (χ1v) is 8.02. The minimum atomic E-state index is -0.0331. The highest BCUT2D eigenvalue weighted by Crippen LogP contribution is 2.34. The third-order valence-electron chi connectivity index (χ3n) is 3.14. The first-order valence-electron chi connectivity index (χ1n) is 6.35. The number of nitrogens with zero attached hydrogens (tertiary/aromatic N) is 2. The summed E-state index contributed by atoms with van der Waals surface area (Å²) in [6.07, 6.45) is 2.84. The van der Waals surface area contributed by atoms with Gasteiger partial charge >= 0.3 is 0 Å². The number of hydrogen-bond donors (Lipinski definition) is 2. The van der Waals surface area contributed by atoms with Crippen molar-refractivity contribution in [1.82, 2.24) is 15.2 Å². The van der Waals surface area contributed by atoms with E-state index in [1.807, 2.05) is 10.9 Å². The maximum atomic E-state index is 5.81. The van der Waals surface area contributed by atoms with Crippen molar-refractivity contribution in [3.8, 4) is 0 Å². The molecule has 104 valence electrons. The van der Waals surface area contributed by atoms with Crippen molar-refractivity contribution in [3.05, 3.63) is 38.3 Å². The number of halogens is 1. The van der Waals surface area contributed by atoms with Gasteiger partial charge in [0.15, 0.2) is 0 Å². The first kappa shape index (κ1) is 14.7. The molecule has 0 radical (unpaired) electrons. The lowest BCUT2D eigenvalue weighted by atomic mass is 10.1. The van der Waals surface area contributed by atoms with Gasteiger partial charge in [0.05, 0.1) is 22.4 Å². The number of aryl methyl sites for hydroxylation is 1. The van der Waals surface area contributed by atoms with Gasteiger partial charge in [-0.15, -0.1) is 11.3 Å². The third-order valence-corrected chi connectivity index (χ3v) is 4.78. The van der Waals surface area contributed by atoms with E-state index in [2.05, 4.69) is 58.7 Å². The molecule has 0 spiro atoms. The zero-order valence-corrected chi connectivity index (χ0v) is 13.8. The van der Waals surface area contributed by atoms with Crippen LogP contribution in [0.4, 0.5) is 0 Å². The summed E-state index contributed by atoms with van der Waals surface area (Å²) in [5, 5.41) is 6.54. The van der Waals surface area contributed by atoms with Crippen molar-refractivity contribution in [1.29, 1.82) is 0 Å². The van der Waals surface area contributed by atoms with E-state index < -0.39 is 0 Å². The number of aromatic nitrogens is 2. The highest BCUT2D eigenvalue weighted by atomic mass is 79.9. The fraction of sp³-hybridized carbons (Fsp3) is 0.462. The lowest BCUT2D eigenvalue weighted by molar-refractivity contribution is 0.477. The average molecular weight is 343 g/mol.